The Morgan fingerprint density at radius 2 is 2.29 bits per heavy atom. The van der Waals surface area contributed by atoms with Crippen LogP contribution in [0.3, 0.4) is 0 Å². The number of aliphatic carboxylic acids is 1. The van der Waals surface area contributed by atoms with Crippen molar-refractivity contribution in [2.45, 2.75) is 11.9 Å². The molecule has 0 bridgehead atoms. The Morgan fingerprint density at radius 1 is 1.57 bits per heavy atom. The molecule has 2 N–H and O–H groups in total. The first-order valence-corrected chi connectivity index (χ1v) is 4.70. The molecule has 4 nitrogen and oxygen atoms in total. The number of hydrogen-bond acceptors (Lipinski definition) is 4. The van der Waals surface area contributed by atoms with Gasteiger partial charge in [-0.05, 0) is 24.5 Å². The van der Waals surface area contributed by atoms with Gasteiger partial charge in [0.05, 0.1) is 0 Å². The van der Waals surface area contributed by atoms with Gasteiger partial charge in [0.15, 0.2) is 0 Å². The number of carboxylic acid groups (broad SMARTS) is 1. The molecule has 0 saturated heterocycles. The summed E-state index contributed by atoms with van der Waals surface area (Å²) in [6, 6.07) is 3.21. The zero-order valence-corrected chi connectivity index (χ0v) is 8.28. The van der Waals surface area contributed by atoms with E-state index < -0.39 is 5.97 Å². The maximum absolute atomic E-state index is 10.2. The summed E-state index contributed by atoms with van der Waals surface area (Å²) < 4.78 is 0. The number of nitrogens with zero attached hydrogens (tertiary/aromatic N) is 1. The molecule has 0 aliphatic carbocycles. The van der Waals surface area contributed by atoms with Crippen LogP contribution >= 0.6 is 11.8 Å². The van der Waals surface area contributed by atoms with Gasteiger partial charge < -0.3 is 10.2 Å². The fourth-order valence-electron chi connectivity index (χ4n) is 0.769. The van der Waals surface area contributed by atoms with E-state index in [1.54, 1.807) is 13.0 Å². The van der Waals surface area contributed by atoms with Gasteiger partial charge in [0.1, 0.15) is 10.8 Å². The first-order valence-electron chi connectivity index (χ1n) is 3.82. The van der Waals surface area contributed by atoms with Crippen LogP contribution in [0.5, 0.6) is 5.75 Å². The standard InChI is InChI=1S/C9H9NO3S/c1-6-2-3-7(11)9(10-6)14-5-4-8(12)13/h2-5,11H,1H3,(H,12,13)/b5-4+. The number of aromatic hydroxyl groups is 1. The average molecular weight is 211 g/mol. The quantitative estimate of drug-likeness (QED) is 0.589. The predicted molar refractivity (Wildman–Crippen MR) is 53.3 cm³/mol. The van der Waals surface area contributed by atoms with Crippen molar-refractivity contribution in [3.63, 3.8) is 0 Å². The summed E-state index contributed by atoms with van der Waals surface area (Å²) in [7, 11) is 0. The van der Waals surface area contributed by atoms with Crippen LogP contribution < -0.4 is 0 Å². The summed E-state index contributed by atoms with van der Waals surface area (Å²) in [6.45, 7) is 1.80. The van der Waals surface area contributed by atoms with E-state index in [-0.39, 0.29) is 5.75 Å². The van der Waals surface area contributed by atoms with E-state index >= 15 is 0 Å². The van der Waals surface area contributed by atoms with Crippen LogP contribution in [0.1, 0.15) is 5.69 Å². The molecule has 0 unspecified atom stereocenters. The molecule has 0 amide bonds. The summed E-state index contributed by atoms with van der Waals surface area (Å²) >= 11 is 1.07. The fourth-order valence-corrected chi connectivity index (χ4v) is 1.47. The molecule has 0 atom stereocenters. The summed E-state index contributed by atoms with van der Waals surface area (Å²) in [4.78, 5) is 14.2. The lowest BCUT2D eigenvalue weighted by atomic mass is 10.4. The van der Waals surface area contributed by atoms with E-state index in [1.807, 2.05) is 0 Å². The van der Waals surface area contributed by atoms with Gasteiger partial charge in [-0.1, -0.05) is 11.8 Å². The second-order valence-electron chi connectivity index (χ2n) is 2.54. The minimum atomic E-state index is -1.02. The van der Waals surface area contributed by atoms with Crippen molar-refractivity contribution in [3.05, 3.63) is 29.3 Å². The van der Waals surface area contributed by atoms with Crippen molar-refractivity contribution < 1.29 is 15.0 Å². The predicted octanol–water partition coefficient (Wildman–Crippen LogP) is 1.79. The normalized spacial score (nSPS) is 10.6. The molecule has 1 heterocycles. The minimum Gasteiger partial charge on any atom is -0.505 e. The smallest absolute Gasteiger partial charge is 0.328 e. The molecule has 0 aromatic carbocycles. The van der Waals surface area contributed by atoms with Crippen molar-refractivity contribution in [3.8, 4) is 5.75 Å². The van der Waals surface area contributed by atoms with Gasteiger partial charge in [0, 0.05) is 11.8 Å². The average Bonchev–Trinajstić information content (AvgIpc) is 2.10. The molecule has 1 aromatic heterocycles. The molecule has 0 radical (unpaired) electrons. The van der Waals surface area contributed by atoms with E-state index in [1.165, 1.54) is 11.5 Å². The molecule has 74 valence electrons. The van der Waals surface area contributed by atoms with Crippen molar-refractivity contribution in [1.29, 1.82) is 0 Å². The summed E-state index contributed by atoms with van der Waals surface area (Å²) in [5.41, 5.74) is 0.772. The molecule has 1 rings (SSSR count). The summed E-state index contributed by atoms with van der Waals surface area (Å²) in [5.74, 6) is -0.972. The molecular formula is C9H9NO3S. The Hall–Kier alpha value is -1.49. The lowest BCUT2D eigenvalue weighted by Gasteiger charge is -2.00. The molecule has 0 spiro atoms. The second kappa shape index (κ2) is 4.66. The zero-order chi connectivity index (χ0) is 10.6. The highest BCUT2D eigenvalue weighted by atomic mass is 32.2. The van der Waals surface area contributed by atoms with Crippen molar-refractivity contribution in [2.24, 2.45) is 0 Å². The van der Waals surface area contributed by atoms with E-state index in [0.29, 0.717) is 5.03 Å². The lowest BCUT2D eigenvalue weighted by molar-refractivity contribution is -0.131. The van der Waals surface area contributed by atoms with Crippen LogP contribution in [0.2, 0.25) is 0 Å². The third-order valence-electron chi connectivity index (χ3n) is 1.37. The number of hydrogen-bond donors (Lipinski definition) is 2. The third kappa shape index (κ3) is 3.10. The highest BCUT2D eigenvalue weighted by Gasteiger charge is 2.01. The lowest BCUT2D eigenvalue weighted by Crippen LogP contribution is -1.86. The highest BCUT2D eigenvalue weighted by Crippen LogP contribution is 2.26. The number of aromatic nitrogens is 1. The van der Waals surface area contributed by atoms with Crippen LogP contribution in [0.15, 0.2) is 28.6 Å². The van der Waals surface area contributed by atoms with E-state index in [0.717, 1.165) is 23.5 Å². The number of aryl methyl sites for hydroxylation is 1. The van der Waals surface area contributed by atoms with E-state index in [2.05, 4.69) is 4.98 Å². The molecule has 0 fully saturated rings. The Kier molecular flexibility index (Phi) is 3.53. The third-order valence-corrected chi connectivity index (χ3v) is 2.17. The van der Waals surface area contributed by atoms with Gasteiger partial charge in [0.25, 0.3) is 0 Å². The number of pyridine rings is 1. The number of carbonyl (C=O) groups is 1. The maximum Gasteiger partial charge on any atom is 0.328 e. The molecular weight excluding hydrogens is 202 g/mol. The van der Waals surface area contributed by atoms with Gasteiger partial charge >= 0.3 is 5.97 Å². The largest absolute Gasteiger partial charge is 0.505 e. The first-order chi connectivity index (χ1) is 6.59. The van der Waals surface area contributed by atoms with Crippen LogP contribution in [-0.4, -0.2) is 21.2 Å². The molecule has 1 aromatic rings. The topological polar surface area (TPSA) is 70.4 Å². The summed E-state index contributed by atoms with van der Waals surface area (Å²) in [5, 5.41) is 19.4. The Bertz CT molecular complexity index is 376. The fraction of sp³-hybridized carbons (Fsp3) is 0.111. The van der Waals surface area contributed by atoms with Gasteiger partial charge in [-0.25, -0.2) is 9.78 Å². The van der Waals surface area contributed by atoms with Crippen LogP contribution in [0.4, 0.5) is 0 Å². The van der Waals surface area contributed by atoms with Crippen LogP contribution in [0.25, 0.3) is 0 Å². The number of rotatable bonds is 3. The maximum atomic E-state index is 10.2. The highest BCUT2D eigenvalue weighted by molar-refractivity contribution is 8.02. The number of carboxylic acids is 1. The Balaban J connectivity index is 2.76. The first kappa shape index (κ1) is 10.6. The monoisotopic (exact) mass is 211 g/mol. The summed E-state index contributed by atoms with van der Waals surface area (Å²) in [6.07, 6.45) is 0.994. The minimum absolute atomic E-state index is 0.0515. The van der Waals surface area contributed by atoms with Crippen LogP contribution in [-0.2, 0) is 4.79 Å². The second-order valence-corrected chi connectivity index (χ2v) is 3.43. The molecule has 5 heteroatoms. The zero-order valence-electron chi connectivity index (χ0n) is 7.47. The van der Waals surface area contributed by atoms with Crippen LogP contribution in [0, 0.1) is 6.92 Å². The van der Waals surface area contributed by atoms with Crippen molar-refractivity contribution >= 4 is 17.7 Å². The number of thioether (sulfide) groups is 1. The van der Waals surface area contributed by atoms with E-state index in [9.17, 15) is 9.90 Å². The molecule has 0 saturated carbocycles. The van der Waals surface area contributed by atoms with Crippen molar-refractivity contribution in [1.82, 2.24) is 4.98 Å². The van der Waals surface area contributed by atoms with E-state index in [4.69, 9.17) is 5.11 Å². The van der Waals surface area contributed by atoms with Gasteiger partial charge in [0.2, 0.25) is 0 Å². The molecule has 0 aliphatic rings. The van der Waals surface area contributed by atoms with Gasteiger partial charge in [-0.3, -0.25) is 0 Å². The van der Waals surface area contributed by atoms with Gasteiger partial charge in [-0.2, -0.15) is 0 Å². The Morgan fingerprint density at radius 3 is 2.93 bits per heavy atom. The molecule has 0 aliphatic heterocycles. The molecule has 14 heavy (non-hydrogen) atoms. The van der Waals surface area contributed by atoms with Crippen molar-refractivity contribution in [2.75, 3.05) is 0 Å². The van der Waals surface area contributed by atoms with Gasteiger partial charge in [-0.15, -0.1) is 0 Å². The Labute approximate surface area is 85.3 Å². The SMILES string of the molecule is Cc1ccc(O)c(S/C=C/C(=O)O)n1.